The number of carbonyl (C=O) groups is 1. The van der Waals surface area contributed by atoms with Crippen molar-refractivity contribution in [2.75, 3.05) is 6.54 Å². The average Bonchev–Trinajstić information content (AvgIpc) is 2.28. The van der Waals surface area contributed by atoms with Crippen molar-refractivity contribution >= 4 is 5.91 Å². The summed E-state index contributed by atoms with van der Waals surface area (Å²) < 4.78 is 35.4. The molecule has 1 aromatic rings. The van der Waals surface area contributed by atoms with Crippen LogP contribution in [0.15, 0.2) is 24.5 Å². The lowest BCUT2D eigenvalue weighted by Crippen LogP contribution is -2.24. The first kappa shape index (κ1) is 13.5. The van der Waals surface area contributed by atoms with Crippen LogP contribution in [-0.2, 0) is 0 Å². The molecule has 0 aliphatic carbocycles. The summed E-state index contributed by atoms with van der Waals surface area (Å²) >= 11 is 0. The zero-order chi connectivity index (χ0) is 12.7. The Morgan fingerprint density at radius 2 is 2.12 bits per heavy atom. The number of halogens is 3. The van der Waals surface area contributed by atoms with Gasteiger partial charge in [0.05, 0.1) is 5.56 Å². The van der Waals surface area contributed by atoms with E-state index in [4.69, 9.17) is 0 Å². The Bertz CT molecular complexity index is 351. The molecule has 94 valence electrons. The topological polar surface area (TPSA) is 42.0 Å². The number of nitrogens with zero attached hydrogens (tertiary/aromatic N) is 1. The molecule has 0 spiro atoms. The van der Waals surface area contributed by atoms with E-state index in [2.05, 4.69) is 10.3 Å². The van der Waals surface area contributed by atoms with Crippen LogP contribution in [-0.4, -0.2) is 23.6 Å². The molecule has 0 radical (unpaired) electrons. The van der Waals surface area contributed by atoms with Crippen molar-refractivity contribution in [3.8, 4) is 0 Å². The highest BCUT2D eigenvalue weighted by Gasteiger charge is 2.25. The summed E-state index contributed by atoms with van der Waals surface area (Å²) in [5.41, 5.74) is 0.406. The Hall–Kier alpha value is -1.59. The van der Waals surface area contributed by atoms with Gasteiger partial charge in [-0.25, -0.2) is 0 Å². The number of nitrogens with one attached hydrogen (secondary N) is 1. The molecular formula is C11H13F3N2O. The van der Waals surface area contributed by atoms with Gasteiger partial charge in [0.15, 0.2) is 0 Å². The number of hydrogen-bond acceptors (Lipinski definition) is 2. The molecule has 6 heteroatoms. The lowest BCUT2D eigenvalue weighted by atomic mass is 10.2. The molecule has 1 rings (SSSR count). The van der Waals surface area contributed by atoms with Crippen molar-refractivity contribution in [3.05, 3.63) is 30.1 Å². The number of carbonyl (C=O) groups excluding carboxylic acids is 1. The van der Waals surface area contributed by atoms with Crippen LogP contribution in [0.4, 0.5) is 13.2 Å². The molecule has 0 aromatic carbocycles. The SMILES string of the molecule is O=C(NCCCCC(F)(F)F)c1cccnc1. The molecule has 0 aliphatic heterocycles. The van der Waals surface area contributed by atoms with Gasteiger partial charge in [0, 0.05) is 25.4 Å². The fourth-order valence-electron chi connectivity index (χ4n) is 1.25. The Kier molecular flexibility index (Phi) is 4.93. The van der Waals surface area contributed by atoms with Crippen LogP contribution < -0.4 is 5.32 Å². The number of hydrogen-bond donors (Lipinski definition) is 1. The van der Waals surface area contributed by atoms with Crippen molar-refractivity contribution in [1.29, 1.82) is 0 Å². The summed E-state index contributed by atoms with van der Waals surface area (Å²) in [5, 5.41) is 2.54. The smallest absolute Gasteiger partial charge is 0.352 e. The zero-order valence-electron chi connectivity index (χ0n) is 9.13. The number of aromatic nitrogens is 1. The van der Waals surface area contributed by atoms with Gasteiger partial charge in [0.25, 0.3) is 5.91 Å². The van der Waals surface area contributed by atoms with Gasteiger partial charge >= 0.3 is 6.18 Å². The predicted octanol–water partition coefficient (Wildman–Crippen LogP) is 2.54. The van der Waals surface area contributed by atoms with Crippen LogP contribution in [0, 0.1) is 0 Å². The van der Waals surface area contributed by atoms with E-state index in [-0.39, 0.29) is 18.9 Å². The number of pyridine rings is 1. The van der Waals surface area contributed by atoms with Gasteiger partial charge in [-0.1, -0.05) is 0 Å². The van der Waals surface area contributed by atoms with Gasteiger partial charge in [-0.15, -0.1) is 0 Å². The largest absolute Gasteiger partial charge is 0.389 e. The summed E-state index contributed by atoms with van der Waals surface area (Å²) in [7, 11) is 0. The van der Waals surface area contributed by atoms with Crippen molar-refractivity contribution < 1.29 is 18.0 Å². The standard InChI is InChI=1S/C11H13F3N2O/c12-11(13,14)5-1-2-7-16-10(17)9-4-3-6-15-8-9/h3-4,6,8H,1-2,5,7H2,(H,16,17). The minimum Gasteiger partial charge on any atom is -0.352 e. The summed E-state index contributed by atoms with van der Waals surface area (Å²) in [6.45, 7) is 0.240. The molecule has 17 heavy (non-hydrogen) atoms. The highest BCUT2D eigenvalue weighted by atomic mass is 19.4. The van der Waals surface area contributed by atoms with Crippen molar-refractivity contribution in [2.45, 2.75) is 25.4 Å². The maximum atomic E-state index is 11.8. The molecular weight excluding hydrogens is 233 g/mol. The summed E-state index contributed by atoms with van der Waals surface area (Å²) in [6.07, 6.45) is -1.64. The first-order chi connectivity index (χ1) is 7.99. The fraction of sp³-hybridized carbons (Fsp3) is 0.455. The number of rotatable bonds is 5. The van der Waals surface area contributed by atoms with E-state index in [1.165, 1.54) is 6.20 Å². The van der Waals surface area contributed by atoms with E-state index in [0.29, 0.717) is 12.0 Å². The van der Waals surface area contributed by atoms with Crippen molar-refractivity contribution in [3.63, 3.8) is 0 Å². The quantitative estimate of drug-likeness (QED) is 0.811. The van der Waals surface area contributed by atoms with E-state index in [1.54, 1.807) is 18.3 Å². The third kappa shape index (κ3) is 5.89. The van der Waals surface area contributed by atoms with E-state index >= 15 is 0 Å². The van der Waals surface area contributed by atoms with E-state index in [0.717, 1.165) is 0 Å². The number of unbranched alkanes of at least 4 members (excludes halogenated alkanes) is 1. The van der Waals surface area contributed by atoms with E-state index < -0.39 is 12.6 Å². The molecule has 0 atom stereocenters. The maximum absolute atomic E-state index is 11.8. The molecule has 1 heterocycles. The molecule has 0 unspecified atom stereocenters. The second kappa shape index (κ2) is 6.22. The second-order valence-corrected chi connectivity index (χ2v) is 3.57. The zero-order valence-corrected chi connectivity index (χ0v) is 9.13. The van der Waals surface area contributed by atoms with Crippen LogP contribution >= 0.6 is 0 Å². The van der Waals surface area contributed by atoms with Gasteiger partial charge in [0.1, 0.15) is 0 Å². The normalized spacial score (nSPS) is 11.2. The fourth-order valence-corrected chi connectivity index (χ4v) is 1.25. The minimum atomic E-state index is -4.12. The summed E-state index contributed by atoms with van der Waals surface area (Å²) in [4.78, 5) is 15.2. The van der Waals surface area contributed by atoms with Crippen LogP contribution in [0.25, 0.3) is 0 Å². The Labute approximate surface area is 97.0 Å². The minimum absolute atomic E-state index is 0.0246. The molecule has 1 aromatic heterocycles. The summed E-state index contributed by atoms with van der Waals surface area (Å²) in [6, 6.07) is 3.22. The van der Waals surface area contributed by atoms with Crippen LogP contribution in [0.1, 0.15) is 29.6 Å². The van der Waals surface area contributed by atoms with Gasteiger partial charge in [-0.05, 0) is 25.0 Å². The van der Waals surface area contributed by atoms with Crippen LogP contribution in [0.5, 0.6) is 0 Å². The Balaban J connectivity index is 2.18. The second-order valence-electron chi connectivity index (χ2n) is 3.57. The lowest BCUT2D eigenvalue weighted by molar-refractivity contribution is -0.135. The van der Waals surface area contributed by atoms with E-state index in [9.17, 15) is 18.0 Å². The average molecular weight is 246 g/mol. The van der Waals surface area contributed by atoms with Crippen LogP contribution in [0.2, 0.25) is 0 Å². The van der Waals surface area contributed by atoms with Gasteiger partial charge < -0.3 is 5.32 Å². The summed E-state index contributed by atoms with van der Waals surface area (Å²) in [5.74, 6) is -0.315. The first-order valence-electron chi connectivity index (χ1n) is 5.24. The first-order valence-corrected chi connectivity index (χ1v) is 5.24. The molecule has 0 aliphatic rings. The molecule has 3 nitrogen and oxygen atoms in total. The van der Waals surface area contributed by atoms with Crippen LogP contribution in [0.3, 0.4) is 0 Å². The van der Waals surface area contributed by atoms with Crippen molar-refractivity contribution in [2.24, 2.45) is 0 Å². The maximum Gasteiger partial charge on any atom is 0.389 e. The molecule has 0 saturated heterocycles. The lowest BCUT2D eigenvalue weighted by Gasteiger charge is -2.06. The highest BCUT2D eigenvalue weighted by Crippen LogP contribution is 2.21. The number of amides is 1. The highest BCUT2D eigenvalue weighted by molar-refractivity contribution is 5.93. The molecule has 1 amide bonds. The Morgan fingerprint density at radius 1 is 1.35 bits per heavy atom. The molecule has 0 bridgehead atoms. The molecule has 1 N–H and O–H groups in total. The van der Waals surface area contributed by atoms with Crippen molar-refractivity contribution in [1.82, 2.24) is 10.3 Å². The molecule has 0 fully saturated rings. The van der Waals surface area contributed by atoms with Gasteiger partial charge in [0.2, 0.25) is 0 Å². The molecule has 0 saturated carbocycles. The van der Waals surface area contributed by atoms with E-state index in [1.807, 2.05) is 0 Å². The third-order valence-electron chi connectivity index (χ3n) is 2.10. The third-order valence-corrected chi connectivity index (χ3v) is 2.10. The van der Waals surface area contributed by atoms with Gasteiger partial charge in [-0.2, -0.15) is 13.2 Å². The predicted molar refractivity (Wildman–Crippen MR) is 56.5 cm³/mol. The Morgan fingerprint density at radius 3 is 2.71 bits per heavy atom. The number of alkyl halides is 3. The monoisotopic (exact) mass is 246 g/mol. The van der Waals surface area contributed by atoms with Gasteiger partial charge in [-0.3, -0.25) is 9.78 Å².